The van der Waals surface area contributed by atoms with E-state index in [1.165, 1.54) is 13.0 Å². The predicted molar refractivity (Wildman–Crippen MR) is 82.6 cm³/mol. The van der Waals surface area contributed by atoms with Crippen molar-refractivity contribution in [1.82, 2.24) is 0 Å². The molecule has 7 heteroatoms. The zero-order valence-corrected chi connectivity index (χ0v) is 13.3. The maximum Gasteiger partial charge on any atom is 0.242 e. The molecule has 112 valence electrons. The van der Waals surface area contributed by atoms with Crippen molar-refractivity contribution in [2.75, 3.05) is 16.8 Å². The predicted octanol–water partition coefficient (Wildman–Crippen LogP) is 2.32. The molecule has 0 radical (unpaired) electrons. The van der Waals surface area contributed by atoms with Crippen molar-refractivity contribution in [2.45, 2.75) is 26.0 Å². The first-order valence-electron chi connectivity index (χ1n) is 6.21. The van der Waals surface area contributed by atoms with Crippen LogP contribution in [0, 0.1) is 5.92 Å². The number of nitrogens with one attached hydrogen (secondary N) is 1. The van der Waals surface area contributed by atoms with E-state index in [1.54, 1.807) is 26.0 Å². The number of nitrogen functional groups attached to an aromatic ring is 1. The molecule has 1 rings (SSSR count). The summed E-state index contributed by atoms with van der Waals surface area (Å²) < 4.78 is 24.0. The molecule has 0 saturated heterocycles. The van der Waals surface area contributed by atoms with Gasteiger partial charge in [-0.3, -0.25) is 4.79 Å². The molecule has 1 atom stereocenters. The number of halogens is 1. The van der Waals surface area contributed by atoms with Crippen LogP contribution in [0.15, 0.2) is 18.2 Å². The molecule has 3 N–H and O–H groups in total. The number of benzene rings is 1. The highest BCUT2D eigenvalue weighted by Gasteiger charge is 2.28. The van der Waals surface area contributed by atoms with Crippen molar-refractivity contribution in [3.8, 4) is 0 Å². The minimum Gasteiger partial charge on any atom is -0.397 e. The van der Waals surface area contributed by atoms with Crippen LogP contribution in [0.1, 0.15) is 20.8 Å². The molecule has 0 aliphatic carbocycles. The molecule has 0 fully saturated rings. The summed E-state index contributed by atoms with van der Waals surface area (Å²) >= 11 is 5.81. The summed E-state index contributed by atoms with van der Waals surface area (Å²) in [6.45, 7) is 4.95. The van der Waals surface area contributed by atoms with Gasteiger partial charge in [0.1, 0.15) is 5.25 Å². The second-order valence-corrected chi connectivity index (χ2v) is 7.89. The monoisotopic (exact) mass is 318 g/mol. The Morgan fingerprint density at radius 2 is 1.95 bits per heavy atom. The number of nitrogens with two attached hydrogens (primary N) is 1. The van der Waals surface area contributed by atoms with Gasteiger partial charge in [0.15, 0.2) is 9.84 Å². The molecule has 1 amide bonds. The lowest BCUT2D eigenvalue weighted by Crippen LogP contribution is -2.35. The van der Waals surface area contributed by atoms with Gasteiger partial charge in [-0.25, -0.2) is 8.42 Å². The number of carbonyl (C=O) groups excluding carboxylic acids is 1. The van der Waals surface area contributed by atoms with Crippen LogP contribution < -0.4 is 11.1 Å². The molecule has 1 unspecified atom stereocenters. The van der Waals surface area contributed by atoms with Gasteiger partial charge in [-0.05, 0) is 31.0 Å². The minimum atomic E-state index is -3.49. The zero-order valence-electron chi connectivity index (χ0n) is 11.7. The van der Waals surface area contributed by atoms with Gasteiger partial charge in [0.2, 0.25) is 5.91 Å². The van der Waals surface area contributed by atoms with Crippen molar-refractivity contribution in [1.29, 1.82) is 0 Å². The van der Waals surface area contributed by atoms with Gasteiger partial charge in [0.05, 0.1) is 17.1 Å². The van der Waals surface area contributed by atoms with E-state index < -0.39 is 21.0 Å². The van der Waals surface area contributed by atoms with Crippen molar-refractivity contribution in [2.24, 2.45) is 5.92 Å². The number of amides is 1. The SMILES string of the molecule is CC(C)CS(=O)(=O)C(C)C(=O)Nc1cc(Cl)ccc1N. The second kappa shape index (κ2) is 6.45. The molecular weight excluding hydrogens is 300 g/mol. The summed E-state index contributed by atoms with van der Waals surface area (Å²) in [4.78, 5) is 12.0. The Hall–Kier alpha value is -1.27. The summed E-state index contributed by atoms with van der Waals surface area (Å²) in [6, 6.07) is 4.62. The van der Waals surface area contributed by atoms with Crippen LogP contribution in [0.25, 0.3) is 0 Å². The van der Waals surface area contributed by atoms with E-state index in [-0.39, 0.29) is 11.7 Å². The Kier molecular flexibility index (Phi) is 5.42. The van der Waals surface area contributed by atoms with Crippen molar-refractivity contribution in [3.05, 3.63) is 23.2 Å². The highest BCUT2D eigenvalue weighted by atomic mass is 35.5. The first kappa shape index (κ1) is 16.8. The van der Waals surface area contributed by atoms with Crippen LogP contribution in [0.4, 0.5) is 11.4 Å². The molecule has 0 saturated carbocycles. The lowest BCUT2D eigenvalue weighted by atomic mass is 10.2. The molecule has 0 aliphatic heterocycles. The quantitative estimate of drug-likeness (QED) is 0.815. The van der Waals surface area contributed by atoms with E-state index in [0.29, 0.717) is 16.4 Å². The standard InChI is InChI=1S/C13H19ClN2O3S/c1-8(2)7-20(18,19)9(3)13(17)16-12-6-10(14)4-5-11(12)15/h4-6,8-9H,7,15H2,1-3H3,(H,16,17). The summed E-state index contributed by atoms with van der Waals surface area (Å²) in [5.74, 6) is -0.682. The third-order valence-corrected chi connectivity index (χ3v) is 5.40. The highest BCUT2D eigenvalue weighted by molar-refractivity contribution is 7.92. The van der Waals surface area contributed by atoms with Crippen molar-refractivity contribution in [3.63, 3.8) is 0 Å². The number of hydrogen-bond acceptors (Lipinski definition) is 4. The van der Waals surface area contributed by atoms with Crippen LogP contribution in [0.5, 0.6) is 0 Å². The maximum absolute atomic E-state index is 12.0. The number of anilines is 2. The molecule has 0 bridgehead atoms. The highest BCUT2D eigenvalue weighted by Crippen LogP contribution is 2.23. The van der Waals surface area contributed by atoms with Gasteiger partial charge in [-0.1, -0.05) is 25.4 Å². The number of sulfone groups is 1. The maximum atomic E-state index is 12.0. The zero-order chi connectivity index (χ0) is 15.5. The van der Waals surface area contributed by atoms with Crippen LogP contribution in [-0.4, -0.2) is 25.3 Å². The minimum absolute atomic E-state index is 0.0351. The normalized spacial score (nSPS) is 13.2. The number of hydrogen-bond donors (Lipinski definition) is 2. The third kappa shape index (κ3) is 4.38. The van der Waals surface area contributed by atoms with Gasteiger partial charge in [-0.2, -0.15) is 0 Å². The molecule has 1 aromatic rings. The first-order chi connectivity index (χ1) is 9.13. The third-order valence-electron chi connectivity index (χ3n) is 2.75. The molecule has 0 heterocycles. The first-order valence-corrected chi connectivity index (χ1v) is 8.30. The van der Waals surface area contributed by atoms with E-state index in [4.69, 9.17) is 17.3 Å². The average molecular weight is 319 g/mol. The lowest BCUT2D eigenvalue weighted by Gasteiger charge is -2.15. The fourth-order valence-electron chi connectivity index (χ4n) is 1.64. The van der Waals surface area contributed by atoms with Crippen LogP contribution in [0.3, 0.4) is 0 Å². The van der Waals surface area contributed by atoms with Crippen molar-refractivity contribution < 1.29 is 13.2 Å². The second-order valence-electron chi connectivity index (χ2n) is 5.09. The van der Waals surface area contributed by atoms with Crippen LogP contribution in [0.2, 0.25) is 5.02 Å². The molecule has 5 nitrogen and oxygen atoms in total. The van der Waals surface area contributed by atoms with Gasteiger partial charge in [-0.15, -0.1) is 0 Å². The Balaban J connectivity index is 2.88. The summed E-state index contributed by atoms with van der Waals surface area (Å²) in [5.41, 5.74) is 6.35. The van der Waals surface area contributed by atoms with Crippen LogP contribution >= 0.6 is 11.6 Å². The molecule has 0 aliphatic rings. The van der Waals surface area contributed by atoms with Crippen molar-refractivity contribution >= 4 is 38.7 Å². The molecule has 0 aromatic heterocycles. The average Bonchev–Trinajstić information content (AvgIpc) is 2.31. The van der Waals surface area contributed by atoms with E-state index in [0.717, 1.165) is 0 Å². The van der Waals surface area contributed by atoms with E-state index in [1.807, 2.05) is 0 Å². The van der Waals surface area contributed by atoms with Gasteiger partial charge in [0.25, 0.3) is 0 Å². The topological polar surface area (TPSA) is 89.3 Å². The Labute approximate surface area is 124 Å². The molecular formula is C13H19ClN2O3S. The summed E-state index contributed by atoms with van der Waals surface area (Å²) in [6.07, 6.45) is 0. The van der Waals surface area contributed by atoms with Gasteiger partial charge >= 0.3 is 0 Å². The lowest BCUT2D eigenvalue weighted by molar-refractivity contribution is -0.115. The smallest absolute Gasteiger partial charge is 0.242 e. The summed E-state index contributed by atoms with van der Waals surface area (Å²) in [7, 11) is -3.49. The Bertz CT molecular complexity index is 600. The van der Waals surface area contributed by atoms with E-state index in [9.17, 15) is 13.2 Å². The largest absolute Gasteiger partial charge is 0.397 e. The fraction of sp³-hybridized carbons (Fsp3) is 0.462. The van der Waals surface area contributed by atoms with Gasteiger partial charge < -0.3 is 11.1 Å². The van der Waals surface area contributed by atoms with E-state index >= 15 is 0 Å². The molecule has 0 spiro atoms. The molecule has 1 aromatic carbocycles. The summed E-state index contributed by atoms with van der Waals surface area (Å²) in [5, 5.41) is 1.78. The number of carbonyl (C=O) groups is 1. The number of rotatable bonds is 5. The fourth-order valence-corrected chi connectivity index (χ4v) is 3.42. The van der Waals surface area contributed by atoms with Gasteiger partial charge in [0, 0.05) is 5.02 Å². The van der Waals surface area contributed by atoms with Crippen LogP contribution in [-0.2, 0) is 14.6 Å². The Morgan fingerprint density at radius 3 is 2.50 bits per heavy atom. The Morgan fingerprint density at radius 1 is 1.35 bits per heavy atom. The molecule has 20 heavy (non-hydrogen) atoms. The van der Waals surface area contributed by atoms with E-state index in [2.05, 4.69) is 5.32 Å².